The van der Waals surface area contributed by atoms with E-state index in [0.717, 1.165) is 0 Å². The van der Waals surface area contributed by atoms with Gasteiger partial charge in [0, 0.05) is 23.4 Å². The van der Waals surface area contributed by atoms with E-state index in [0.29, 0.717) is 12.2 Å². The number of carbonyl (C=O) groups is 1. The Morgan fingerprint density at radius 1 is 1.33 bits per heavy atom. The summed E-state index contributed by atoms with van der Waals surface area (Å²) in [6.07, 6.45) is 0. The van der Waals surface area contributed by atoms with Crippen molar-refractivity contribution in [1.29, 1.82) is 0 Å². The summed E-state index contributed by atoms with van der Waals surface area (Å²) in [4.78, 5) is 12.2. The van der Waals surface area contributed by atoms with Crippen molar-refractivity contribution in [2.75, 3.05) is 13.7 Å². The number of halogens is 1. The first-order valence-corrected chi connectivity index (χ1v) is 8.82. The number of rotatable bonds is 6. The molecule has 1 unspecified atom stereocenters. The fourth-order valence-electron chi connectivity index (χ4n) is 1.85. The molecule has 0 saturated carbocycles. The van der Waals surface area contributed by atoms with Crippen LogP contribution < -0.4 is 5.32 Å². The van der Waals surface area contributed by atoms with Crippen molar-refractivity contribution in [2.24, 2.45) is 5.92 Å². The van der Waals surface area contributed by atoms with Gasteiger partial charge in [-0.15, -0.1) is 0 Å². The molecule has 0 bridgehead atoms. The summed E-state index contributed by atoms with van der Waals surface area (Å²) in [5.74, 6) is -0.161. The van der Waals surface area contributed by atoms with Crippen LogP contribution in [0.2, 0.25) is 0 Å². The largest absolute Gasteiger partial charge is 0.383 e. The van der Waals surface area contributed by atoms with Gasteiger partial charge in [0.1, 0.15) is 0 Å². The Balaban J connectivity index is 3.05. The molecule has 0 fully saturated rings. The molecule has 118 valence electrons. The summed E-state index contributed by atoms with van der Waals surface area (Å²) < 4.78 is 27.9. The molecule has 5 nitrogen and oxygen atoms in total. The molecule has 0 saturated heterocycles. The summed E-state index contributed by atoms with van der Waals surface area (Å²) in [5, 5.41) is 2.84. The van der Waals surface area contributed by atoms with E-state index >= 15 is 0 Å². The Kier molecular flexibility index (Phi) is 6.19. The molecule has 0 aliphatic rings. The average molecular weight is 334 g/mol. The molecule has 1 aromatic carbocycles. The molecule has 1 N–H and O–H groups in total. The zero-order valence-electron chi connectivity index (χ0n) is 12.5. The number of methoxy groups -OCH3 is 1. The van der Waals surface area contributed by atoms with Crippen LogP contribution in [0.3, 0.4) is 0 Å². The number of nitrogens with one attached hydrogen (secondary N) is 1. The lowest BCUT2D eigenvalue weighted by Gasteiger charge is -2.21. The minimum absolute atomic E-state index is 0.0813. The van der Waals surface area contributed by atoms with Crippen LogP contribution in [-0.2, 0) is 13.8 Å². The zero-order chi connectivity index (χ0) is 16.2. The number of amides is 1. The van der Waals surface area contributed by atoms with Crippen molar-refractivity contribution in [3.63, 3.8) is 0 Å². The molecule has 0 heterocycles. The van der Waals surface area contributed by atoms with Gasteiger partial charge in [0.05, 0.1) is 17.5 Å². The highest BCUT2D eigenvalue weighted by atomic mass is 35.7. The topological polar surface area (TPSA) is 72.5 Å². The third-order valence-electron chi connectivity index (χ3n) is 3.06. The van der Waals surface area contributed by atoms with Gasteiger partial charge in [-0.25, -0.2) is 8.42 Å². The van der Waals surface area contributed by atoms with Gasteiger partial charge in [-0.1, -0.05) is 13.8 Å². The highest BCUT2D eigenvalue weighted by Crippen LogP contribution is 2.19. The van der Waals surface area contributed by atoms with Crippen LogP contribution in [0.4, 0.5) is 0 Å². The number of carbonyl (C=O) groups excluding carboxylic acids is 1. The number of ether oxygens (including phenoxy) is 1. The summed E-state index contributed by atoms with van der Waals surface area (Å²) in [5.41, 5.74) is 0.908. The Hall–Kier alpha value is -1.11. The number of benzene rings is 1. The molecule has 21 heavy (non-hydrogen) atoms. The molecule has 7 heteroatoms. The van der Waals surface area contributed by atoms with Crippen LogP contribution in [0.5, 0.6) is 0 Å². The van der Waals surface area contributed by atoms with E-state index in [2.05, 4.69) is 5.32 Å². The van der Waals surface area contributed by atoms with Crippen molar-refractivity contribution in [3.05, 3.63) is 29.3 Å². The average Bonchev–Trinajstić information content (AvgIpc) is 2.36. The molecule has 0 aliphatic carbocycles. The van der Waals surface area contributed by atoms with Crippen molar-refractivity contribution in [1.82, 2.24) is 5.32 Å². The lowest BCUT2D eigenvalue weighted by atomic mass is 10.0. The van der Waals surface area contributed by atoms with E-state index in [1.165, 1.54) is 12.1 Å². The molecular formula is C14H20ClNO4S. The number of aryl methyl sites for hydroxylation is 1. The Bertz CT molecular complexity index is 613. The van der Waals surface area contributed by atoms with E-state index in [9.17, 15) is 13.2 Å². The van der Waals surface area contributed by atoms with E-state index in [1.54, 1.807) is 20.1 Å². The van der Waals surface area contributed by atoms with E-state index < -0.39 is 9.05 Å². The first-order valence-electron chi connectivity index (χ1n) is 6.51. The molecule has 0 radical (unpaired) electrons. The molecule has 1 amide bonds. The molecule has 1 aromatic rings. The third-order valence-corrected chi connectivity index (χ3v) is 4.40. The zero-order valence-corrected chi connectivity index (χ0v) is 14.1. The van der Waals surface area contributed by atoms with Crippen LogP contribution in [0.25, 0.3) is 0 Å². The summed E-state index contributed by atoms with van der Waals surface area (Å²) in [6.45, 7) is 6.02. The fraction of sp³-hybridized carbons (Fsp3) is 0.500. The highest BCUT2D eigenvalue weighted by Gasteiger charge is 2.19. The second kappa shape index (κ2) is 7.24. The maximum atomic E-state index is 12.3. The lowest BCUT2D eigenvalue weighted by molar-refractivity contribution is 0.0866. The Labute approximate surface area is 130 Å². The first-order chi connectivity index (χ1) is 9.65. The van der Waals surface area contributed by atoms with Crippen LogP contribution in [0.15, 0.2) is 23.1 Å². The summed E-state index contributed by atoms with van der Waals surface area (Å²) >= 11 is 0. The monoisotopic (exact) mass is 333 g/mol. The van der Waals surface area contributed by atoms with E-state index in [1.807, 2.05) is 13.8 Å². The number of hydrogen-bond donors (Lipinski definition) is 1. The van der Waals surface area contributed by atoms with Crippen molar-refractivity contribution in [3.8, 4) is 0 Å². The second-order valence-corrected chi connectivity index (χ2v) is 7.82. The molecule has 0 aromatic heterocycles. The first kappa shape index (κ1) is 17.9. The quantitative estimate of drug-likeness (QED) is 0.811. The lowest BCUT2D eigenvalue weighted by Crippen LogP contribution is -2.41. The Morgan fingerprint density at radius 3 is 2.43 bits per heavy atom. The highest BCUT2D eigenvalue weighted by molar-refractivity contribution is 8.13. The normalized spacial score (nSPS) is 13.2. The van der Waals surface area contributed by atoms with Crippen molar-refractivity contribution < 1.29 is 17.9 Å². The van der Waals surface area contributed by atoms with Gasteiger partial charge < -0.3 is 10.1 Å². The van der Waals surface area contributed by atoms with Gasteiger partial charge in [-0.2, -0.15) is 0 Å². The van der Waals surface area contributed by atoms with Crippen LogP contribution in [-0.4, -0.2) is 34.1 Å². The third kappa shape index (κ3) is 5.30. The summed E-state index contributed by atoms with van der Waals surface area (Å²) in [7, 11) is 3.03. The second-order valence-electron chi connectivity index (χ2n) is 5.25. The fourth-order valence-corrected chi connectivity index (χ4v) is 2.71. The van der Waals surface area contributed by atoms with Gasteiger partial charge >= 0.3 is 0 Å². The molecular weight excluding hydrogens is 314 g/mol. The molecule has 0 aliphatic heterocycles. The van der Waals surface area contributed by atoms with Crippen molar-refractivity contribution >= 4 is 25.6 Å². The van der Waals surface area contributed by atoms with Crippen molar-refractivity contribution in [2.45, 2.75) is 31.7 Å². The summed E-state index contributed by atoms with van der Waals surface area (Å²) in [6, 6.07) is 4.16. The number of hydrogen-bond acceptors (Lipinski definition) is 4. The standard InChI is InChI=1S/C14H20ClNO4S/c1-9(2)13(8-20-4)16-14(17)11-5-10(3)6-12(7-11)21(15,18)19/h5-7,9,13H,8H2,1-4H3,(H,16,17). The molecule has 0 spiro atoms. The maximum absolute atomic E-state index is 12.3. The van der Waals surface area contributed by atoms with E-state index in [4.69, 9.17) is 15.4 Å². The van der Waals surface area contributed by atoms with Gasteiger partial charge in [0.2, 0.25) is 0 Å². The maximum Gasteiger partial charge on any atom is 0.261 e. The van der Waals surface area contributed by atoms with Gasteiger partial charge in [-0.3, -0.25) is 4.79 Å². The van der Waals surface area contributed by atoms with Gasteiger partial charge in [0.15, 0.2) is 0 Å². The van der Waals surface area contributed by atoms with E-state index in [-0.39, 0.29) is 28.3 Å². The smallest absolute Gasteiger partial charge is 0.261 e. The molecule has 1 atom stereocenters. The van der Waals surface area contributed by atoms with Crippen LogP contribution in [0.1, 0.15) is 29.8 Å². The minimum atomic E-state index is -3.87. The van der Waals surface area contributed by atoms with Gasteiger partial charge in [0.25, 0.3) is 15.0 Å². The van der Waals surface area contributed by atoms with Gasteiger partial charge in [-0.05, 0) is 36.6 Å². The predicted octanol–water partition coefficient (Wildman–Crippen LogP) is 2.32. The van der Waals surface area contributed by atoms with Crippen LogP contribution >= 0.6 is 10.7 Å². The molecule has 1 rings (SSSR count). The predicted molar refractivity (Wildman–Crippen MR) is 82.2 cm³/mol. The van der Waals surface area contributed by atoms with Crippen LogP contribution in [0, 0.1) is 12.8 Å². The Morgan fingerprint density at radius 2 is 1.95 bits per heavy atom. The minimum Gasteiger partial charge on any atom is -0.383 e. The SMILES string of the molecule is COCC(NC(=O)c1cc(C)cc(S(=O)(=O)Cl)c1)C(C)C.